The van der Waals surface area contributed by atoms with Crippen molar-refractivity contribution in [3.63, 3.8) is 0 Å². The van der Waals surface area contributed by atoms with E-state index in [1.165, 1.54) is 24.3 Å². The molecule has 2 N–H and O–H groups in total. The van der Waals surface area contributed by atoms with Crippen LogP contribution in [0, 0.1) is 0 Å². The molecule has 0 bridgehead atoms. The van der Waals surface area contributed by atoms with Crippen LogP contribution < -0.4 is 14.3 Å². The fraction of sp³-hybridized carbons (Fsp3) is 0.207. The van der Waals surface area contributed by atoms with Crippen molar-refractivity contribution >= 4 is 53.8 Å². The molecular formula is C29H31N3O5S2. The van der Waals surface area contributed by atoms with E-state index in [1.807, 2.05) is 42.5 Å². The van der Waals surface area contributed by atoms with E-state index in [9.17, 15) is 21.6 Å². The number of anilines is 3. The number of carbonyl (C=O) groups excluding carboxylic acids is 1. The topological polar surface area (TPSA) is 113 Å². The Morgan fingerprint density at radius 2 is 1.41 bits per heavy atom. The first-order valence-corrected chi connectivity index (χ1v) is 15.6. The Kier molecular flexibility index (Phi) is 7.72. The zero-order chi connectivity index (χ0) is 28.4. The summed E-state index contributed by atoms with van der Waals surface area (Å²) in [4.78, 5) is 12.8. The van der Waals surface area contributed by atoms with Gasteiger partial charge in [-0.15, -0.1) is 0 Å². The molecule has 4 rings (SSSR count). The van der Waals surface area contributed by atoms with Crippen molar-refractivity contribution in [2.45, 2.75) is 31.1 Å². The molecule has 39 heavy (non-hydrogen) atoms. The lowest BCUT2D eigenvalue weighted by Gasteiger charge is -2.24. The number of carbonyl (C=O) groups is 1. The second-order valence-corrected chi connectivity index (χ2v) is 13.9. The Morgan fingerprint density at radius 1 is 0.795 bits per heavy atom. The average molecular weight is 566 g/mol. The third-order valence-electron chi connectivity index (χ3n) is 6.19. The summed E-state index contributed by atoms with van der Waals surface area (Å²) in [5.41, 5.74) is 2.11. The van der Waals surface area contributed by atoms with E-state index in [0.717, 1.165) is 26.9 Å². The van der Waals surface area contributed by atoms with Crippen molar-refractivity contribution in [3.8, 4) is 0 Å². The number of hydrogen-bond donors (Lipinski definition) is 2. The molecule has 4 aromatic carbocycles. The van der Waals surface area contributed by atoms with Gasteiger partial charge >= 0.3 is 0 Å². The standard InChI is InChI=1S/C29H31N3O5S2/c1-29(2,3)22-12-16-24(17-13-22)32(38(4,34)35)20-28(33)30-23-14-18-25(19-15-23)39(36,37)31-27-11-7-9-21-8-5-6-10-26(21)27/h5-19,31H,20H2,1-4H3,(H,30,33). The summed E-state index contributed by atoms with van der Waals surface area (Å²) in [6.07, 6.45) is 1.04. The Hall–Kier alpha value is -3.89. The maximum absolute atomic E-state index is 13.0. The monoisotopic (exact) mass is 565 g/mol. The minimum absolute atomic E-state index is 0.0186. The van der Waals surface area contributed by atoms with E-state index in [0.29, 0.717) is 17.1 Å². The second kappa shape index (κ2) is 10.7. The summed E-state index contributed by atoms with van der Waals surface area (Å²) in [6.45, 7) is 5.73. The lowest BCUT2D eigenvalue weighted by Crippen LogP contribution is -2.37. The Labute approximate surface area is 229 Å². The molecule has 10 heteroatoms. The molecule has 1 amide bonds. The molecular weight excluding hydrogens is 534 g/mol. The van der Waals surface area contributed by atoms with Crippen LogP contribution in [0.4, 0.5) is 17.1 Å². The van der Waals surface area contributed by atoms with Crippen LogP contribution in [-0.2, 0) is 30.3 Å². The number of nitrogens with zero attached hydrogens (tertiary/aromatic N) is 1. The normalized spacial score (nSPS) is 12.2. The molecule has 0 saturated carbocycles. The maximum Gasteiger partial charge on any atom is 0.261 e. The number of sulfonamides is 2. The number of benzene rings is 4. The number of nitrogens with one attached hydrogen (secondary N) is 2. The first-order chi connectivity index (χ1) is 18.2. The summed E-state index contributed by atoms with van der Waals surface area (Å²) >= 11 is 0. The molecule has 204 valence electrons. The first-order valence-electron chi connectivity index (χ1n) is 12.2. The van der Waals surface area contributed by atoms with E-state index in [4.69, 9.17) is 0 Å². The van der Waals surface area contributed by atoms with Crippen LogP contribution in [0.15, 0.2) is 95.9 Å². The van der Waals surface area contributed by atoms with Gasteiger partial charge in [-0.2, -0.15) is 0 Å². The fourth-order valence-corrected chi connectivity index (χ4v) is 6.03. The highest BCUT2D eigenvalue weighted by atomic mass is 32.2. The lowest BCUT2D eigenvalue weighted by molar-refractivity contribution is -0.114. The van der Waals surface area contributed by atoms with Crippen LogP contribution in [0.3, 0.4) is 0 Å². The van der Waals surface area contributed by atoms with Crippen molar-refractivity contribution in [3.05, 3.63) is 96.6 Å². The molecule has 0 heterocycles. The van der Waals surface area contributed by atoms with Gasteiger partial charge in [0.25, 0.3) is 10.0 Å². The molecule has 0 aliphatic carbocycles. The predicted octanol–water partition coefficient (Wildman–Crippen LogP) is 5.34. The Bertz CT molecular complexity index is 1700. The average Bonchev–Trinajstić information content (AvgIpc) is 2.87. The number of fused-ring (bicyclic) bond motifs is 1. The summed E-state index contributed by atoms with van der Waals surface area (Å²) < 4.78 is 54.6. The van der Waals surface area contributed by atoms with Crippen LogP contribution in [0.1, 0.15) is 26.3 Å². The largest absolute Gasteiger partial charge is 0.325 e. The van der Waals surface area contributed by atoms with Gasteiger partial charge in [-0.1, -0.05) is 69.3 Å². The van der Waals surface area contributed by atoms with Crippen molar-refractivity contribution in [2.75, 3.05) is 27.1 Å². The van der Waals surface area contributed by atoms with E-state index >= 15 is 0 Å². The van der Waals surface area contributed by atoms with Crippen LogP contribution in [0.25, 0.3) is 10.8 Å². The van der Waals surface area contributed by atoms with Crippen LogP contribution in [-0.4, -0.2) is 35.5 Å². The fourth-order valence-electron chi connectivity index (χ4n) is 4.09. The molecule has 0 spiro atoms. The van der Waals surface area contributed by atoms with Crippen molar-refractivity contribution in [1.82, 2.24) is 0 Å². The van der Waals surface area contributed by atoms with Gasteiger partial charge in [-0.25, -0.2) is 16.8 Å². The molecule has 0 aliphatic heterocycles. The van der Waals surface area contributed by atoms with E-state index in [1.54, 1.807) is 24.3 Å². The summed E-state index contributed by atoms with van der Waals surface area (Å²) in [5.74, 6) is -0.565. The molecule has 0 fully saturated rings. The number of rotatable bonds is 8. The molecule has 0 aromatic heterocycles. The zero-order valence-corrected chi connectivity index (χ0v) is 23.8. The van der Waals surface area contributed by atoms with Gasteiger partial charge in [0.15, 0.2) is 0 Å². The van der Waals surface area contributed by atoms with Gasteiger partial charge in [-0.3, -0.25) is 13.8 Å². The van der Waals surface area contributed by atoms with Crippen molar-refractivity contribution in [1.29, 1.82) is 0 Å². The van der Waals surface area contributed by atoms with Gasteiger partial charge in [-0.05, 0) is 58.8 Å². The van der Waals surface area contributed by atoms with E-state index < -0.39 is 32.5 Å². The third-order valence-corrected chi connectivity index (χ3v) is 8.71. The quantitative estimate of drug-likeness (QED) is 0.299. The van der Waals surface area contributed by atoms with Gasteiger partial charge in [0.2, 0.25) is 15.9 Å². The minimum atomic E-state index is -3.89. The van der Waals surface area contributed by atoms with E-state index in [-0.39, 0.29) is 10.3 Å². The van der Waals surface area contributed by atoms with Crippen LogP contribution in [0.5, 0.6) is 0 Å². The van der Waals surface area contributed by atoms with Crippen LogP contribution in [0.2, 0.25) is 0 Å². The SMILES string of the molecule is CC(C)(C)c1ccc(N(CC(=O)Nc2ccc(S(=O)(=O)Nc3cccc4ccccc34)cc2)S(C)(=O)=O)cc1. The van der Waals surface area contributed by atoms with Gasteiger partial charge < -0.3 is 5.32 Å². The van der Waals surface area contributed by atoms with E-state index in [2.05, 4.69) is 30.8 Å². The Balaban J connectivity index is 1.47. The summed E-state index contributed by atoms with van der Waals surface area (Å²) in [5, 5.41) is 4.32. The molecule has 8 nitrogen and oxygen atoms in total. The number of hydrogen-bond acceptors (Lipinski definition) is 5. The molecule has 0 saturated heterocycles. The molecule has 4 aromatic rings. The molecule has 0 atom stereocenters. The Morgan fingerprint density at radius 3 is 2.03 bits per heavy atom. The maximum atomic E-state index is 13.0. The van der Waals surface area contributed by atoms with Crippen molar-refractivity contribution < 1.29 is 21.6 Å². The molecule has 0 radical (unpaired) electrons. The smallest absolute Gasteiger partial charge is 0.261 e. The summed E-state index contributed by atoms with van der Waals surface area (Å²) in [6, 6.07) is 25.5. The first kappa shape index (κ1) is 28.1. The minimum Gasteiger partial charge on any atom is -0.325 e. The molecule has 0 unspecified atom stereocenters. The summed E-state index contributed by atoms with van der Waals surface area (Å²) in [7, 11) is -7.63. The predicted molar refractivity (Wildman–Crippen MR) is 157 cm³/mol. The van der Waals surface area contributed by atoms with Gasteiger partial charge in [0, 0.05) is 11.1 Å². The lowest BCUT2D eigenvalue weighted by atomic mass is 9.87. The van der Waals surface area contributed by atoms with Gasteiger partial charge in [0.1, 0.15) is 6.54 Å². The van der Waals surface area contributed by atoms with Gasteiger partial charge in [0.05, 0.1) is 22.5 Å². The van der Waals surface area contributed by atoms with Crippen LogP contribution >= 0.6 is 0 Å². The highest BCUT2D eigenvalue weighted by Crippen LogP contribution is 2.27. The van der Waals surface area contributed by atoms with Crippen molar-refractivity contribution in [2.24, 2.45) is 0 Å². The zero-order valence-electron chi connectivity index (χ0n) is 22.2. The second-order valence-electron chi connectivity index (χ2n) is 10.3. The number of amides is 1. The highest BCUT2D eigenvalue weighted by Gasteiger charge is 2.22. The highest BCUT2D eigenvalue weighted by molar-refractivity contribution is 7.92. The molecule has 0 aliphatic rings. The third kappa shape index (κ3) is 6.76.